The highest BCUT2D eigenvalue weighted by Gasteiger charge is 2.21. The molecule has 0 fully saturated rings. The first-order valence-corrected chi connectivity index (χ1v) is 15.6. The van der Waals surface area contributed by atoms with Crippen molar-refractivity contribution >= 4 is 29.3 Å². The number of rotatable bonds is 13. The van der Waals surface area contributed by atoms with Gasteiger partial charge in [-0.15, -0.1) is 0 Å². The zero-order valence-electron chi connectivity index (χ0n) is 28.5. The SMILES string of the molecule is CCN(CC)CCN(C)C(=O)c1ccc(Nc2nc(OC(=O)N(C)c3cc(OC)ccc3OC)cc(-c3cccc(C)c3C)n2)cc1. The Labute approximate surface area is 277 Å². The fraction of sp³-hybridized carbons (Fsp3) is 0.333. The number of aromatic nitrogens is 2. The number of aryl methyl sites for hydroxylation is 1. The first kappa shape index (κ1) is 34.7. The molecule has 0 saturated heterocycles. The summed E-state index contributed by atoms with van der Waals surface area (Å²) in [5, 5.41) is 3.21. The molecule has 0 bridgehead atoms. The van der Waals surface area contributed by atoms with E-state index in [9.17, 15) is 9.59 Å². The maximum absolute atomic E-state index is 13.4. The van der Waals surface area contributed by atoms with E-state index in [1.165, 1.54) is 12.0 Å². The maximum Gasteiger partial charge on any atom is 0.420 e. The summed E-state index contributed by atoms with van der Waals surface area (Å²) in [6.07, 6.45) is -0.680. The fourth-order valence-corrected chi connectivity index (χ4v) is 4.99. The molecule has 0 saturated carbocycles. The van der Waals surface area contributed by atoms with E-state index in [0.29, 0.717) is 40.7 Å². The molecule has 0 aliphatic carbocycles. The summed E-state index contributed by atoms with van der Waals surface area (Å²) in [5.74, 6) is 1.26. The first-order valence-electron chi connectivity index (χ1n) is 15.6. The van der Waals surface area contributed by atoms with Gasteiger partial charge >= 0.3 is 6.09 Å². The summed E-state index contributed by atoms with van der Waals surface area (Å²) in [5.41, 5.74) is 5.31. The molecule has 47 heavy (non-hydrogen) atoms. The van der Waals surface area contributed by atoms with Crippen LogP contribution in [0.5, 0.6) is 17.4 Å². The number of methoxy groups -OCH3 is 2. The number of likely N-dealkylation sites (N-methyl/N-ethyl adjacent to an activating group) is 2. The van der Waals surface area contributed by atoms with Gasteiger partial charge in [0.25, 0.3) is 5.91 Å². The minimum absolute atomic E-state index is 0.0529. The lowest BCUT2D eigenvalue weighted by Crippen LogP contribution is -2.36. The number of carbonyl (C=O) groups excluding carboxylic acids is 2. The Balaban J connectivity index is 1.60. The van der Waals surface area contributed by atoms with Gasteiger partial charge in [0.1, 0.15) is 11.5 Å². The molecule has 0 radical (unpaired) electrons. The molecule has 0 aliphatic rings. The number of anilines is 3. The number of nitrogens with one attached hydrogen (secondary N) is 1. The van der Waals surface area contributed by atoms with Crippen LogP contribution in [0.1, 0.15) is 35.3 Å². The molecule has 11 heteroatoms. The lowest BCUT2D eigenvalue weighted by atomic mass is 10.0. The lowest BCUT2D eigenvalue weighted by molar-refractivity contribution is 0.0779. The van der Waals surface area contributed by atoms with E-state index in [2.05, 4.69) is 29.0 Å². The molecule has 2 amide bonds. The van der Waals surface area contributed by atoms with Crippen molar-refractivity contribution in [2.24, 2.45) is 0 Å². The summed E-state index contributed by atoms with van der Waals surface area (Å²) < 4.78 is 16.6. The molecule has 0 aliphatic heterocycles. The Morgan fingerprint density at radius 1 is 0.851 bits per heavy atom. The Kier molecular flexibility index (Phi) is 11.7. The first-order chi connectivity index (χ1) is 22.6. The summed E-state index contributed by atoms with van der Waals surface area (Å²) in [4.78, 5) is 41.0. The van der Waals surface area contributed by atoms with E-state index in [1.54, 1.807) is 67.6 Å². The number of nitrogens with zero attached hydrogens (tertiary/aromatic N) is 5. The summed E-state index contributed by atoms with van der Waals surface area (Å²) in [7, 11) is 6.47. The maximum atomic E-state index is 13.4. The van der Waals surface area contributed by atoms with Crippen LogP contribution in [0.15, 0.2) is 66.7 Å². The van der Waals surface area contributed by atoms with Crippen molar-refractivity contribution < 1.29 is 23.8 Å². The van der Waals surface area contributed by atoms with E-state index < -0.39 is 6.09 Å². The van der Waals surface area contributed by atoms with Crippen LogP contribution in [0.3, 0.4) is 0 Å². The Morgan fingerprint density at radius 2 is 1.57 bits per heavy atom. The monoisotopic (exact) mass is 640 g/mol. The molecule has 11 nitrogen and oxygen atoms in total. The van der Waals surface area contributed by atoms with Crippen LogP contribution in [0, 0.1) is 13.8 Å². The van der Waals surface area contributed by atoms with Crippen LogP contribution in [0.25, 0.3) is 11.3 Å². The van der Waals surface area contributed by atoms with Crippen LogP contribution in [-0.2, 0) is 0 Å². The van der Waals surface area contributed by atoms with Crippen molar-refractivity contribution in [2.45, 2.75) is 27.7 Å². The summed E-state index contributed by atoms with van der Waals surface area (Å²) >= 11 is 0. The molecule has 4 aromatic rings. The summed E-state index contributed by atoms with van der Waals surface area (Å²) in [6, 6.07) is 19.9. The van der Waals surface area contributed by atoms with Crippen molar-refractivity contribution in [3.05, 3.63) is 83.4 Å². The smallest absolute Gasteiger partial charge is 0.420 e. The second-order valence-corrected chi connectivity index (χ2v) is 11.1. The standard InChI is InChI=1S/C36H44N6O5/c1-9-42(10-2)21-20-40(5)34(43)26-14-16-27(17-15-26)37-35-38-30(29-13-11-12-24(3)25(29)4)23-33(39-35)47-36(44)41(6)31-22-28(45-7)18-19-32(31)46-8/h11-19,22-23H,9-10,20-21H2,1-8H3,(H,37,38,39). The van der Waals surface area contributed by atoms with Crippen molar-refractivity contribution in [1.29, 1.82) is 0 Å². The highest BCUT2D eigenvalue weighted by Crippen LogP contribution is 2.33. The van der Waals surface area contributed by atoms with E-state index in [1.807, 2.05) is 39.1 Å². The highest BCUT2D eigenvalue weighted by atomic mass is 16.6. The molecular formula is C36H44N6O5. The average Bonchev–Trinajstić information content (AvgIpc) is 3.09. The van der Waals surface area contributed by atoms with Crippen molar-refractivity contribution in [1.82, 2.24) is 19.8 Å². The number of benzene rings is 3. The van der Waals surface area contributed by atoms with Gasteiger partial charge in [-0.3, -0.25) is 9.69 Å². The van der Waals surface area contributed by atoms with Gasteiger partial charge in [-0.05, 0) is 74.5 Å². The van der Waals surface area contributed by atoms with Gasteiger partial charge in [-0.25, -0.2) is 9.78 Å². The molecular weight excluding hydrogens is 596 g/mol. The molecule has 1 N–H and O–H groups in total. The van der Waals surface area contributed by atoms with E-state index >= 15 is 0 Å². The van der Waals surface area contributed by atoms with Crippen LogP contribution in [-0.4, -0.2) is 86.3 Å². The second-order valence-electron chi connectivity index (χ2n) is 11.1. The van der Waals surface area contributed by atoms with E-state index in [0.717, 1.165) is 36.3 Å². The molecule has 1 aromatic heterocycles. The Bertz CT molecular complexity index is 1690. The zero-order chi connectivity index (χ0) is 34.1. The van der Waals surface area contributed by atoms with Gasteiger partial charge in [-0.2, -0.15) is 4.98 Å². The average molecular weight is 641 g/mol. The fourth-order valence-electron chi connectivity index (χ4n) is 4.99. The van der Waals surface area contributed by atoms with Crippen molar-refractivity contribution in [3.63, 3.8) is 0 Å². The third-order valence-corrected chi connectivity index (χ3v) is 8.18. The van der Waals surface area contributed by atoms with Gasteiger partial charge in [-0.1, -0.05) is 32.0 Å². The zero-order valence-corrected chi connectivity index (χ0v) is 28.5. The van der Waals surface area contributed by atoms with Gasteiger partial charge in [0.2, 0.25) is 11.8 Å². The molecule has 4 rings (SSSR count). The molecule has 0 spiro atoms. The number of ether oxygens (including phenoxy) is 3. The summed E-state index contributed by atoms with van der Waals surface area (Å²) in [6.45, 7) is 11.6. The number of hydrogen-bond acceptors (Lipinski definition) is 9. The molecule has 248 valence electrons. The van der Waals surface area contributed by atoms with E-state index in [-0.39, 0.29) is 17.7 Å². The minimum Gasteiger partial charge on any atom is -0.497 e. The van der Waals surface area contributed by atoms with Gasteiger partial charge in [0, 0.05) is 56.1 Å². The highest BCUT2D eigenvalue weighted by molar-refractivity contribution is 5.94. The molecule has 3 aromatic carbocycles. The predicted octanol–water partition coefficient (Wildman–Crippen LogP) is 6.57. The Morgan fingerprint density at radius 3 is 2.23 bits per heavy atom. The van der Waals surface area contributed by atoms with Gasteiger partial charge < -0.3 is 29.3 Å². The number of carbonyl (C=O) groups is 2. The topological polar surface area (TPSA) is 109 Å². The van der Waals surface area contributed by atoms with Crippen molar-refractivity contribution in [2.75, 3.05) is 64.7 Å². The molecule has 0 atom stereocenters. The van der Waals surface area contributed by atoms with Gasteiger partial charge in [0.05, 0.1) is 25.6 Å². The lowest BCUT2D eigenvalue weighted by Gasteiger charge is -2.23. The van der Waals surface area contributed by atoms with Crippen LogP contribution < -0.4 is 24.4 Å². The van der Waals surface area contributed by atoms with Crippen LogP contribution >= 0.6 is 0 Å². The van der Waals surface area contributed by atoms with E-state index in [4.69, 9.17) is 19.2 Å². The third kappa shape index (κ3) is 8.56. The quantitative estimate of drug-likeness (QED) is 0.174. The molecule has 0 unspecified atom stereocenters. The van der Waals surface area contributed by atoms with Gasteiger partial charge in [0.15, 0.2) is 0 Å². The normalized spacial score (nSPS) is 10.8. The number of hydrogen-bond donors (Lipinski definition) is 1. The predicted molar refractivity (Wildman–Crippen MR) is 185 cm³/mol. The third-order valence-electron chi connectivity index (χ3n) is 8.18. The molecule has 1 heterocycles. The van der Waals surface area contributed by atoms with Crippen LogP contribution in [0.4, 0.5) is 22.1 Å². The Hall–Kier alpha value is -5.16. The van der Waals surface area contributed by atoms with Crippen LogP contribution in [0.2, 0.25) is 0 Å². The minimum atomic E-state index is -0.680. The second kappa shape index (κ2) is 15.9. The largest absolute Gasteiger partial charge is 0.497 e. The number of amides is 2. The van der Waals surface area contributed by atoms with Crippen molar-refractivity contribution in [3.8, 4) is 28.6 Å².